The highest BCUT2D eigenvalue weighted by atomic mass is 35.5. The molecule has 0 spiro atoms. The van der Waals surface area contributed by atoms with Crippen molar-refractivity contribution < 1.29 is 8.78 Å². The number of hydrogen-bond donors (Lipinski definition) is 0. The van der Waals surface area contributed by atoms with Crippen molar-refractivity contribution >= 4 is 23.2 Å². The van der Waals surface area contributed by atoms with Crippen molar-refractivity contribution in [3.05, 3.63) is 44.1 Å². The van der Waals surface area contributed by atoms with Crippen LogP contribution < -0.4 is 5.69 Å². The van der Waals surface area contributed by atoms with E-state index in [0.717, 1.165) is 10.2 Å². The number of nitrogens with zero attached hydrogens (tertiary/aromatic N) is 3. The van der Waals surface area contributed by atoms with Gasteiger partial charge in [0.15, 0.2) is 0 Å². The summed E-state index contributed by atoms with van der Waals surface area (Å²) in [7, 11) is 0. The molecule has 0 aliphatic carbocycles. The summed E-state index contributed by atoms with van der Waals surface area (Å²) in [6.45, 7) is 0.108. The van der Waals surface area contributed by atoms with E-state index in [1.165, 1.54) is 6.92 Å². The van der Waals surface area contributed by atoms with Gasteiger partial charge in [0.25, 0.3) is 0 Å². The van der Waals surface area contributed by atoms with Gasteiger partial charge in [-0.05, 0) is 31.5 Å². The minimum absolute atomic E-state index is 0.0985. The lowest BCUT2D eigenvalue weighted by Crippen LogP contribution is -2.25. The fraction of sp³-hybridized carbons (Fsp3) is 0.273. The summed E-state index contributed by atoms with van der Waals surface area (Å²) >= 11 is 12.0. The summed E-state index contributed by atoms with van der Waals surface area (Å²) in [5, 5.41) is 4.12. The zero-order valence-corrected chi connectivity index (χ0v) is 11.5. The first-order valence-corrected chi connectivity index (χ1v) is 6.01. The smallest absolute Gasteiger partial charge is 0.245 e. The van der Waals surface area contributed by atoms with Gasteiger partial charge in [-0.3, -0.25) is 0 Å². The van der Waals surface area contributed by atoms with Gasteiger partial charge in [-0.25, -0.2) is 9.36 Å². The molecule has 0 saturated heterocycles. The van der Waals surface area contributed by atoms with Crippen LogP contribution in [-0.2, 0) is 0 Å². The highest BCUT2D eigenvalue weighted by Crippen LogP contribution is 2.29. The molecular formula is C11H9Cl2F2N3O. The highest BCUT2D eigenvalue weighted by molar-refractivity contribution is 6.37. The van der Waals surface area contributed by atoms with E-state index in [-0.39, 0.29) is 26.1 Å². The van der Waals surface area contributed by atoms with E-state index < -0.39 is 12.2 Å². The van der Waals surface area contributed by atoms with Crippen LogP contribution in [0.1, 0.15) is 17.9 Å². The van der Waals surface area contributed by atoms with Crippen LogP contribution in [0.3, 0.4) is 0 Å². The third kappa shape index (κ3) is 2.37. The van der Waals surface area contributed by atoms with Gasteiger partial charge < -0.3 is 0 Å². The maximum atomic E-state index is 12.7. The van der Waals surface area contributed by atoms with Crippen LogP contribution in [0.25, 0.3) is 5.69 Å². The number of alkyl halides is 2. The number of aromatic nitrogens is 3. The van der Waals surface area contributed by atoms with E-state index in [1.54, 1.807) is 19.1 Å². The highest BCUT2D eigenvalue weighted by Gasteiger charge is 2.21. The zero-order chi connectivity index (χ0) is 14.3. The molecule has 102 valence electrons. The first-order chi connectivity index (χ1) is 8.82. The van der Waals surface area contributed by atoms with Gasteiger partial charge in [0.05, 0.1) is 10.0 Å². The van der Waals surface area contributed by atoms with Crippen LogP contribution >= 0.6 is 23.2 Å². The SMILES string of the molecule is Cc1cc(Cl)c(-n2nc(C)n(C(F)F)c2=O)c(Cl)c1. The average molecular weight is 308 g/mol. The van der Waals surface area contributed by atoms with Gasteiger partial charge >= 0.3 is 12.2 Å². The van der Waals surface area contributed by atoms with Crippen LogP contribution in [-0.4, -0.2) is 14.3 Å². The Hall–Kier alpha value is -1.40. The fourth-order valence-corrected chi connectivity index (χ4v) is 2.50. The van der Waals surface area contributed by atoms with Gasteiger partial charge in [-0.1, -0.05) is 23.2 Å². The van der Waals surface area contributed by atoms with E-state index in [4.69, 9.17) is 23.2 Å². The molecule has 0 radical (unpaired) electrons. The van der Waals surface area contributed by atoms with Crippen LogP contribution in [0.5, 0.6) is 0 Å². The quantitative estimate of drug-likeness (QED) is 0.853. The van der Waals surface area contributed by atoms with Gasteiger partial charge in [0, 0.05) is 0 Å². The number of rotatable bonds is 2. The molecule has 1 heterocycles. The summed E-state index contributed by atoms with van der Waals surface area (Å²) in [6, 6.07) is 3.15. The monoisotopic (exact) mass is 307 g/mol. The average Bonchev–Trinajstić information content (AvgIpc) is 2.52. The third-order valence-corrected chi connectivity index (χ3v) is 3.13. The van der Waals surface area contributed by atoms with Crippen LogP contribution in [0.2, 0.25) is 10.0 Å². The van der Waals surface area contributed by atoms with E-state index in [1.807, 2.05) is 0 Å². The molecule has 0 fully saturated rings. The maximum Gasteiger partial charge on any atom is 0.355 e. The molecule has 2 rings (SSSR count). The molecule has 8 heteroatoms. The molecule has 1 aromatic heterocycles. The molecule has 0 aliphatic heterocycles. The minimum atomic E-state index is -2.97. The van der Waals surface area contributed by atoms with Crippen LogP contribution in [0, 0.1) is 13.8 Å². The lowest BCUT2D eigenvalue weighted by molar-refractivity contribution is 0.0640. The minimum Gasteiger partial charge on any atom is -0.245 e. The topological polar surface area (TPSA) is 39.8 Å². The van der Waals surface area contributed by atoms with Crippen molar-refractivity contribution in [3.63, 3.8) is 0 Å². The zero-order valence-electron chi connectivity index (χ0n) is 9.99. The summed E-state index contributed by atoms with van der Waals surface area (Å²) in [4.78, 5) is 11.9. The number of halogens is 4. The first-order valence-electron chi connectivity index (χ1n) is 5.25. The Morgan fingerprint density at radius 3 is 2.16 bits per heavy atom. The van der Waals surface area contributed by atoms with Gasteiger partial charge in [-0.15, -0.1) is 5.10 Å². The molecule has 2 aromatic rings. The lowest BCUT2D eigenvalue weighted by Gasteiger charge is -2.06. The number of aryl methyl sites for hydroxylation is 2. The molecule has 0 unspecified atom stereocenters. The maximum absolute atomic E-state index is 12.7. The second-order valence-corrected chi connectivity index (χ2v) is 4.78. The van der Waals surface area contributed by atoms with E-state index >= 15 is 0 Å². The summed E-state index contributed by atoms with van der Waals surface area (Å²) in [5.74, 6) is -0.118. The number of hydrogen-bond acceptors (Lipinski definition) is 2. The van der Waals surface area contributed by atoms with Crippen molar-refractivity contribution in [2.75, 3.05) is 0 Å². The Bertz CT molecular complexity index is 671. The van der Waals surface area contributed by atoms with Crippen molar-refractivity contribution in [1.82, 2.24) is 14.3 Å². The van der Waals surface area contributed by atoms with Crippen molar-refractivity contribution in [2.45, 2.75) is 20.4 Å². The predicted molar refractivity (Wildman–Crippen MR) is 68.6 cm³/mol. The molecule has 4 nitrogen and oxygen atoms in total. The van der Waals surface area contributed by atoms with E-state index in [9.17, 15) is 13.6 Å². The van der Waals surface area contributed by atoms with Crippen molar-refractivity contribution in [1.29, 1.82) is 0 Å². The third-order valence-electron chi connectivity index (χ3n) is 2.55. The normalized spacial score (nSPS) is 11.3. The Labute approximate surface area is 117 Å². The molecule has 0 atom stereocenters. The Morgan fingerprint density at radius 2 is 1.74 bits per heavy atom. The largest absolute Gasteiger partial charge is 0.355 e. The molecule has 1 aromatic carbocycles. The Kier molecular flexibility index (Phi) is 3.64. The summed E-state index contributed by atoms with van der Waals surface area (Å²) < 4.78 is 26.5. The van der Waals surface area contributed by atoms with E-state index in [2.05, 4.69) is 5.10 Å². The first kappa shape index (κ1) is 14.0. The van der Waals surface area contributed by atoms with Crippen molar-refractivity contribution in [3.8, 4) is 5.69 Å². The Balaban J connectivity index is 2.74. The molecule has 0 saturated carbocycles. The van der Waals surface area contributed by atoms with Gasteiger partial charge in [0.1, 0.15) is 11.5 Å². The molecule has 0 aliphatic rings. The summed E-state index contributed by atoms with van der Waals surface area (Å²) in [6.07, 6.45) is 0. The fourth-order valence-electron chi connectivity index (χ4n) is 1.74. The standard InChI is InChI=1S/C11H9Cl2F2N3O/c1-5-3-7(12)9(8(13)4-5)18-11(19)17(10(14)15)6(2)16-18/h3-4,10H,1-2H3. The second-order valence-electron chi connectivity index (χ2n) is 3.97. The molecular weight excluding hydrogens is 299 g/mol. The Morgan fingerprint density at radius 1 is 1.21 bits per heavy atom. The number of benzene rings is 1. The van der Waals surface area contributed by atoms with Gasteiger partial charge in [0.2, 0.25) is 0 Å². The second kappa shape index (κ2) is 4.94. The molecule has 0 N–H and O–H groups in total. The molecule has 19 heavy (non-hydrogen) atoms. The predicted octanol–water partition coefficient (Wildman–Crippen LogP) is 3.35. The van der Waals surface area contributed by atoms with Crippen molar-refractivity contribution in [2.24, 2.45) is 0 Å². The molecule has 0 bridgehead atoms. The molecule has 0 amide bonds. The van der Waals surface area contributed by atoms with E-state index in [0.29, 0.717) is 0 Å². The van der Waals surface area contributed by atoms with Crippen LogP contribution in [0.4, 0.5) is 8.78 Å². The van der Waals surface area contributed by atoms with Gasteiger partial charge in [-0.2, -0.15) is 13.5 Å². The lowest BCUT2D eigenvalue weighted by atomic mass is 10.2. The summed E-state index contributed by atoms with van der Waals surface area (Å²) in [5.41, 5.74) is -0.0987. The van der Waals surface area contributed by atoms with Crippen LogP contribution in [0.15, 0.2) is 16.9 Å².